The summed E-state index contributed by atoms with van der Waals surface area (Å²) in [5.74, 6) is -3.66. The third kappa shape index (κ3) is 6.46. The first-order valence-corrected chi connectivity index (χ1v) is 9.38. The summed E-state index contributed by atoms with van der Waals surface area (Å²) in [6, 6.07) is 0. The van der Waals surface area contributed by atoms with Crippen LogP contribution in [0.4, 0.5) is 0 Å². The molecule has 164 valence electrons. The van der Waals surface area contributed by atoms with Gasteiger partial charge in [0.25, 0.3) is 11.8 Å². The first-order valence-electron chi connectivity index (χ1n) is 9.38. The van der Waals surface area contributed by atoms with Gasteiger partial charge in [0.05, 0.1) is 39.4 Å². The molecule has 0 bridgehead atoms. The Morgan fingerprint density at radius 2 is 1.47 bits per heavy atom. The van der Waals surface area contributed by atoms with E-state index >= 15 is 0 Å². The molecule has 0 saturated carbocycles. The molecular formula is C18H23N3O9. The van der Waals surface area contributed by atoms with E-state index in [9.17, 15) is 28.8 Å². The standard InChI is InChI=1S/C18H23N3O9/c22-13-1-2-14(23)19(13)7-5-15(24)20(21-16(25)3-4-17(21)26)8-10-30-12-11-29-9-6-18(27)28/h1-2H,3-12H2,(H,27,28). The molecule has 12 nitrogen and oxygen atoms in total. The predicted molar refractivity (Wildman–Crippen MR) is 97.2 cm³/mol. The number of hydrogen-bond acceptors (Lipinski definition) is 8. The Labute approximate surface area is 171 Å². The van der Waals surface area contributed by atoms with Gasteiger partial charge in [0.15, 0.2) is 0 Å². The molecule has 2 heterocycles. The van der Waals surface area contributed by atoms with Crippen molar-refractivity contribution in [3.05, 3.63) is 12.2 Å². The Morgan fingerprint density at radius 1 is 0.900 bits per heavy atom. The Kier molecular flexibility index (Phi) is 8.62. The number of rotatable bonds is 13. The largest absolute Gasteiger partial charge is 0.481 e. The highest BCUT2D eigenvalue weighted by molar-refractivity contribution is 6.13. The second-order valence-corrected chi connectivity index (χ2v) is 6.40. The van der Waals surface area contributed by atoms with E-state index in [1.807, 2.05) is 0 Å². The lowest BCUT2D eigenvalue weighted by atomic mass is 10.3. The van der Waals surface area contributed by atoms with E-state index in [0.29, 0.717) is 0 Å². The summed E-state index contributed by atoms with van der Waals surface area (Å²) in [5, 5.41) is 10.3. The molecule has 0 aliphatic carbocycles. The molecule has 2 aliphatic heterocycles. The minimum Gasteiger partial charge on any atom is -0.481 e. The minimum absolute atomic E-state index is 0.00573. The highest BCUT2D eigenvalue weighted by Crippen LogP contribution is 2.16. The Balaban J connectivity index is 1.83. The van der Waals surface area contributed by atoms with Gasteiger partial charge in [0, 0.05) is 38.0 Å². The number of carbonyl (C=O) groups excluding carboxylic acids is 5. The monoisotopic (exact) mass is 425 g/mol. The Hall–Kier alpha value is -3.12. The molecule has 0 radical (unpaired) electrons. The van der Waals surface area contributed by atoms with Crippen LogP contribution in [-0.2, 0) is 38.2 Å². The van der Waals surface area contributed by atoms with Crippen LogP contribution in [0.2, 0.25) is 0 Å². The van der Waals surface area contributed by atoms with E-state index in [4.69, 9.17) is 14.6 Å². The molecule has 0 aromatic carbocycles. The number of imide groups is 2. The lowest BCUT2D eigenvalue weighted by Gasteiger charge is -2.30. The topological polar surface area (TPSA) is 151 Å². The van der Waals surface area contributed by atoms with Crippen molar-refractivity contribution >= 4 is 35.5 Å². The Morgan fingerprint density at radius 3 is 2.03 bits per heavy atom. The summed E-state index contributed by atoms with van der Waals surface area (Å²) < 4.78 is 10.4. The maximum Gasteiger partial charge on any atom is 0.305 e. The van der Waals surface area contributed by atoms with Crippen LogP contribution in [0.15, 0.2) is 12.2 Å². The quantitative estimate of drug-likeness (QED) is 0.280. The number of nitrogens with zero attached hydrogens (tertiary/aromatic N) is 3. The zero-order valence-electron chi connectivity index (χ0n) is 16.3. The number of amides is 5. The fraction of sp³-hybridized carbons (Fsp3) is 0.556. The van der Waals surface area contributed by atoms with Crippen LogP contribution in [0.5, 0.6) is 0 Å². The molecule has 0 aromatic rings. The summed E-state index contributed by atoms with van der Waals surface area (Å²) in [5.41, 5.74) is 0. The molecule has 0 unspecified atom stereocenters. The van der Waals surface area contributed by atoms with Gasteiger partial charge >= 0.3 is 5.97 Å². The average molecular weight is 425 g/mol. The smallest absolute Gasteiger partial charge is 0.305 e. The van der Waals surface area contributed by atoms with Gasteiger partial charge in [-0.05, 0) is 0 Å². The van der Waals surface area contributed by atoms with Crippen molar-refractivity contribution < 1.29 is 43.3 Å². The van der Waals surface area contributed by atoms with Crippen molar-refractivity contribution in [2.75, 3.05) is 39.5 Å². The molecule has 2 aliphatic rings. The van der Waals surface area contributed by atoms with Gasteiger partial charge in [0.2, 0.25) is 17.7 Å². The number of hydrogen-bond donors (Lipinski definition) is 1. The van der Waals surface area contributed by atoms with Gasteiger partial charge < -0.3 is 14.6 Å². The van der Waals surface area contributed by atoms with Crippen LogP contribution in [-0.4, -0.2) is 95.0 Å². The van der Waals surface area contributed by atoms with Crippen molar-refractivity contribution in [3.63, 3.8) is 0 Å². The van der Waals surface area contributed by atoms with Gasteiger partial charge in [-0.25, -0.2) is 5.01 Å². The molecule has 0 atom stereocenters. The van der Waals surface area contributed by atoms with Crippen molar-refractivity contribution in [3.8, 4) is 0 Å². The molecular weight excluding hydrogens is 402 g/mol. The minimum atomic E-state index is -0.974. The van der Waals surface area contributed by atoms with Crippen molar-refractivity contribution in [1.82, 2.24) is 14.9 Å². The first-order chi connectivity index (χ1) is 14.3. The second kappa shape index (κ2) is 11.2. The molecule has 12 heteroatoms. The number of hydrazine groups is 1. The number of ether oxygens (including phenoxy) is 2. The van der Waals surface area contributed by atoms with Gasteiger partial charge in [-0.2, -0.15) is 5.01 Å². The summed E-state index contributed by atoms with van der Waals surface area (Å²) in [7, 11) is 0. The maximum absolute atomic E-state index is 12.6. The average Bonchev–Trinajstić information content (AvgIpc) is 3.19. The third-order valence-corrected chi connectivity index (χ3v) is 4.28. The summed E-state index contributed by atoms with van der Waals surface area (Å²) in [6.45, 7) is 0.0537. The molecule has 1 saturated heterocycles. The van der Waals surface area contributed by atoms with Crippen LogP contribution >= 0.6 is 0 Å². The molecule has 5 amide bonds. The lowest BCUT2D eigenvalue weighted by Crippen LogP contribution is -2.51. The number of carboxylic acids is 1. The Bertz CT molecular complexity index is 715. The summed E-state index contributed by atoms with van der Waals surface area (Å²) >= 11 is 0. The van der Waals surface area contributed by atoms with Crippen LogP contribution in [0.3, 0.4) is 0 Å². The van der Waals surface area contributed by atoms with E-state index in [1.165, 1.54) is 0 Å². The molecule has 0 aromatic heterocycles. The fourth-order valence-electron chi connectivity index (χ4n) is 2.79. The van der Waals surface area contributed by atoms with Gasteiger partial charge in [-0.3, -0.25) is 33.7 Å². The molecule has 1 N–H and O–H groups in total. The molecule has 0 spiro atoms. The number of carboxylic acid groups (broad SMARTS) is 1. The predicted octanol–water partition coefficient (Wildman–Crippen LogP) is -1.30. The molecule has 2 rings (SSSR count). The zero-order chi connectivity index (χ0) is 22.1. The van der Waals surface area contributed by atoms with Crippen molar-refractivity contribution in [1.29, 1.82) is 0 Å². The van der Waals surface area contributed by atoms with E-state index in [1.54, 1.807) is 0 Å². The van der Waals surface area contributed by atoms with Crippen LogP contribution in [0, 0.1) is 0 Å². The maximum atomic E-state index is 12.6. The summed E-state index contributed by atoms with van der Waals surface area (Å²) in [6.07, 6.45) is 1.81. The summed E-state index contributed by atoms with van der Waals surface area (Å²) in [4.78, 5) is 71.2. The zero-order valence-corrected chi connectivity index (χ0v) is 16.3. The number of aliphatic carboxylic acids is 1. The van der Waals surface area contributed by atoms with Crippen LogP contribution in [0.25, 0.3) is 0 Å². The van der Waals surface area contributed by atoms with Crippen molar-refractivity contribution in [2.24, 2.45) is 0 Å². The van der Waals surface area contributed by atoms with Crippen LogP contribution in [0.1, 0.15) is 25.7 Å². The number of carbonyl (C=O) groups is 6. The van der Waals surface area contributed by atoms with Gasteiger partial charge in [-0.1, -0.05) is 0 Å². The van der Waals surface area contributed by atoms with Crippen LogP contribution < -0.4 is 0 Å². The van der Waals surface area contributed by atoms with Gasteiger partial charge in [0.1, 0.15) is 0 Å². The van der Waals surface area contributed by atoms with Crippen molar-refractivity contribution in [2.45, 2.75) is 25.7 Å². The normalized spacial score (nSPS) is 16.1. The third-order valence-electron chi connectivity index (χ3n) is 4.28. The van der Waals surface area contributed by atoms with E-state index in [2.05, 4.69) is 0 Å². The molecule has 30 heavy (non-hydrogen) atoms. The van der Waals surface area contributed by atoms with E-state index in [-0.39, 0.29) is 65.2 Å². The SMILES string of the molecule is O=C(O)CCOCCOCCN(C(=O)CCN1C(=O)C=CC1=O)N1C(=O)CCC1=O. The highest BCUT2D eigenvalue weighted by atomic mass is 16.5. The van der Waals surface area contributed by atoms with Gasteiger partial charge in [-0.15, -0.1) is 0 Å². The van der Waals surface area contributed by atoms with E-state index in [0.717, 1.165) is 27.1 Å². The first kappa shape index (κ1) is 23.2. The molecule has 1 fully saturated rings. The highest BCUT2D eigenvalue weighted by Gasteiger charge is 2.36. The van der Waals surface area contributed by atoms with E-state index < -0.39 is 35.5 Å². The lowest BCUT2D eigenvalue weighted by molar-refractivity contribution is -0.170. The second-order valence-electron chi connectivity index (χ2n) is 6.40. The fourth-order valence-corrected chi connectivity index (χ4v) is 2.79.